The molecule has 2 N–H and O–H groups in total. The summed E-state index contributed by atoms with van der Waals surface area (Å²) in [6.07, 6.45) is 5.14. The first kappa shape index (κ1) is 23.1. The highest BCUT2D eigenvalue weighted by atomic mass is 16.1. The van der Waals surface area contributed by atoms with Crippen LogP contribution in [0.3, 0.4) is 0 Å². The van der Waals surface area contributed by atoms with Crippen molar-refractivity contribution in [3.63, 3.8) is 0 Å². The first-order valence-corrected chi connectivity index (χ1v) is 12.0. The molecule has 33 heavy (non-hydrogen) atoms. The Hall–Kier alpha value is -3.08. The lowest BCUT2D eigenvalue weighted by Gasteiger charge is -2.38. The Labute approximate surface area is 197 Å². The Bertz CT molecular complexity index is 1090. The van der Waals surface area contributed by atoms with Crippen molar-refractivity contribution < 1.29 is 4.79 Å². The van der Waals surface area contributed by atoms with Gasteiger partial charge in [0.25, 0.3) is 5.91 Å². The number of anilines is 1. The average Bonchev–Trinajstić information content (AvgIpc) is 3.26. The highest BCUT2D eigenvalue weighted by Gasteiger charge is 2.38. The Kier molecular flexibility index (Phi) is 6.33. The highest BCUT2D eigenvalue weighted by molar-refractivity contribution is 5.99. The molecule has 1 aliphatic rings. The molecule has 0 saturated carbocycles. The van der Waals surface area contributed by atoms with Crippen LogP contribution in [0, 0.1) is 6.92 Å². The first-order chi connectivity index (χ1) is 15.8. The van der Waals surface area contributed by atoms with Crippen LogP contribution in [0.15, 0.2) is 60.8 Å². The van der Waals surface area contributed by atoms with Crippen molar-refractivity contribution in [1.82, 2.24) is 15.1 Å². The number of hydrogen-bond donors (Lipinski definition) is 2. The number of carbonyl (C=O) groups is 1. The van der Waals surface area contributed by atoms with Crippen LogP contribution in [0.4, 0.5) is 5.82 Å². The number of nitrogens with one attached hydrogen (secondary N) is 2. The monoisotopic (exact) mass is 444 g/mol. The molecular formula is C28H36N4O. The lowest BCUT2D eigenvalue weighted by Crippen LogP contribution is -2.49. The summed E-state index contributed by atoms with van der Waals surface area (Å²) >= 11 is 0. The second kappa shape index (κ2) is 9.05. The van der Waals surface area contributed by atoms with Gasteiger partial charge in [-0.25, -0.2) is 4.68 Å². The van der Waals surface area contributed by atoms with Crippen LogP contribution in [0.2, 0.25) is 0 Å². The summed E-state index contributed by atoms with van der Waals surface area (Å²) in [5.41, 5.74) is 3.82. The molecule has 0 spiro atoms. The van der Waals surface area contributed by atoms with Crippen molar-refractivity contribution in [3.05, 3.63) is 83.0 Å². The molecule has 174 valence electrons. The lowest BCUT2D eigenvalue weighted by atomic mass is 9.85. The van der Waals surface area contributed by atoms with Crippen LogP contribution in [-0.4, -0.2) is 21.2 Å². The first-order valence-electron chi connectivity index (χ1n) is 12.0. The van der Waals surface area contributed by atoms with Crippen LogP contribution in [0.25, 0.3) is 0 Å². The highest BCUT2D eigenvalue weighted by Crippen LogP contribution is 2.40. The van der Waals surface area contributed by atoms with Gasteiger partial charge in [0.05, 0.1) is 17.8 Å². The molecular weight excluding hydrogens is 408 g/mol. The van der Waals surface area contributed by atoms with E-state index >= 15 is 0 Å². The summed E-state index contributed by atoms with van der Waals surface area (Å²) in [5, 5.41) is 11.6. The maximum absolute atomic E-state index is 13.6. The van der Waals surface area contributed by atoms with Crippen LogP contribution in [0.5, 0.6) is 0 Å². The van der Waals surface area contributed by atoms with Gasteiger partial charge in [0.1, 0.15) is 11.4 Å². The molecule has 1 atom stereocenters. The molecule has 1 amide bonds. The molecule has 3 aromatic rings. The topological polar surface area (TPSA) is 59.0 Å². The summed E-state index contributed by atoms with van der Waals surface area (Å²) in [6, 6.07) is 19.2. The fourth-order valence-corrected chi connectivity index (χ4v) is 4.93. The van der Waals surface area contributed by atoms with Crippen LogP contribution in [-0.2, 0) is 12.0 Å². The van der Waals surface area contributed by atoms with Crippen LogP contribution >= 0.6 is 0 Å². The number of aryl methyl sites for hydroxylation is 1. The van der Waals surface area contributed by atoms with Crippen molar-refractivity contribution in [2.45, 2.75) is 77.4 Å². The Morgan fingerprint density at radius 2 is 1.79 bits per heavy atom. The molecule has 2 aromatic carbocycles. The summed E-state index contributed by atoms with van der Waals surface area (Å²) in [6.45, 7) is 10.8. The van der Waals surface area contributed by atoms with E-state index in [0.29, 0.717) is 5.56 Å². The second-order valence-corrected chi connectivity index (χ2v) is 10.0. The van der Waals surface area contributed by atoms with E-state index < -0.39 is 0 Å². The number of carbonyl (C=O) groups excluding carboxylic acids is 1. The molecule has 0 radical (unpaired) electrons. The third kappa shape index (κ3) is 4.68. The van der Waals surface area contributed by atoms with Crippen molar-refractivity contribution >= 4 is 11.7 Å². The van der Waals surface area contributed by atoms with Gasteiger partial charge >= 0.3 is 0 Å². The maximum atomic E-state index is 13.6. The van der Waals surface area contributed by atoms with E-state index in [-0.39, 0.29) is 23.0 Å². The number of benzene rings is 2. The van der Waals surface area contributed by atoms with Gasteiger partial charge in [0, 0.05) is 5.54 Å². The van der Waals surface area contributed by atoms with Gasteiger partial charge in [0.2, 0.25) is 0 Å². The zero-order chi connectivity index (χ0) is 23.6. The minimum absolute atomic E-state index is 0.0657. The Balaban J connectivity index is 1.61. The number of nitrogens with zero attached hydrogens (tertiary/aromatic N) is 2. The smallest absolute Gasteiger partial charge is 0.257 e. The molecule has 1 aliphatic heterocycles. The normalized spacial score (nSPS) is 17.2. The predicted molar refractivity (Wildman–Crippen MR) is 135 cm³/mol. The number of aromatic nitrogens is 2. The SMILES string of the molecule is CCC(CC)(Cc1ccc(C)cc1)NC(=O)c1cnn2c1NC(c1ccccc1)CC2(C)C. The minimum atomic E-state index is -0.301. The third-order valence-electron chi connectivity index (χ3n) is 7.20. The molecule has 0 bridgehead atoms. The van der Waals surface area contributed by atoms with Crippen LogP contribution in [0.1, 0.15) is 80.0 Å². The zero-order valence-corrected chi connectivity index (χ0v) is 20.5. The summed E-state index contributed by atoms with van der Waals surface area (Å²) < 4.78 is 1.97. The van der Waals surface area contributed by atoms with Gasteiger partial charge in [-0.05, 0) is 57.6 Å². The maximum Gasteiger partial charge on any atom is 0.257 e. The van der Waals surface area contributed by atoms with Gasteiger partial charge in [0.15, 0.2) is 0 Å². The zero-order valence-electron chi connectivity index (χ0n) is 20.5. The Morgan fingerprint density at radius 1 is 1.12 bits per heavy atom. The van der Waals surface area contributed by atoms with Gasteiger partial charge in [-0.1, -0.05) is 74.0 Å². The molecule has 1 aromatic heterocycles. The fraction of sp³-hybridized carbons (Fsp3) is 0.429. The summed E-state index contributed by atoms with van der Waals surface area (Å²) in [5.74, 6) is 0.734. The van der Waals surface area contributed by atoms with Gasteiger partial charge in [-0.15, -0.1) is 0 Å². The summed E-state index contributed by atoms with van der Waals surface area (Å²) in [4.78, 5) is 13.6. The van der Waals surface area contributed by atoms with Gasteiger partial charge in [-0.2, -0.15) is 5.10 Å². The molecule has 4 rings (SSSR count). The second-order valence-electron chi connectivity index (χ2n) is 10.0. The Morgan fingerprint density at radius 3 is 2.42 bits per heavy atom. The van der Waals surface area contributed by atoms with Gasteiger partial charge in [-0.3, -0.25) is 4.79 Å². The standard InChI is InChI=1S/C28H36N4O/c1-6-28(7-2,17-21-15-13-20(3)14-16-21)31-26(33)23-19-29-32-25(23)30-24(18-27(32,4)5)22-11-9-8-10-12-22/h8-16,19,24,30H,6-7,17-18H2,1-5H3,(H,31,33). The number of hydrogen-bond acceptors (Lipinski definition) is 3. The fourth-order valence-electron chi connectivity index (χ4n) is 4.93. The van der Waals surface area contributed by atoms with E-state index in [0.717, 1.165) is 31.5 Å². The molecule has 0 aliphatic carbocycles. The van der Waals surface area contributed by atoms with Crippen molar-refractivity contribution in [2.24, 2.45) is 0 Å². The summed E-state index contributed by atoms with van der Waals surface area (Å²) in [7, 11) is 0. The quantitative estimate of drug-likeness (QED) is 0.469. The molecule has 5 nitrogen and oxygen atoms in total. The van der Waals surface area contributed by atoms with Crippen molar-refractivity contribution in [1.29, 1.82) is 0 Å². The molecule has 5 heteroatoms. The molecule has 1 unspecified atom stereocenters. The minimum Gasteiger partial charge on any atom is -0.363 e. The third-order valence-corrected chi connectivity index (χ3v) is 7.20. The van der Waals surface area contributed by atoms with E-state index in [2.05, 4.69) is 98.9 Å². The largest absolute Gasteiger partial charge is 0.363 e. The molecule has 0 saturated heterocycles. The van der Waals surface area contributed by atoms with Crippen molar-refractivity contribution in [2.75, 3.05) is 5.32 Å². The average molecular weight is 445 g/mol. The number of amides is 1. The van der Waals surface area contributed by atoms with E-state index in [1.807, 2.05) is 10.7 Å². The predicted octanol–water partition coefficient (Wildman–Crippen LogP) is 6.01. The van der Waals surface area contributed by atoms with E-state index in [9.17, 15) is 4.79 Å². The van der Waals surface area contributed by atoms with E-state index in [1.54, 1.807) is 6.20 Å². The van der Waals surface area contributed by atoms with Crippen LogP contribution < -0.4 is 10.6 Å². The van der Waals surface area contributed by atoms with Gasteiger partial charge < -0.3 is 10.6 Å². The molecule has 0 fully saturated rings. The molecule has 2 heterocycles. The van der Waals surface area contributed by atoms with E-state index in [1.165, 1.54) is 16.7 Å². The number of fused-ring (bicyclic) bond motifs is 1. The number of rotatable bonds is 7. The lowest BCUT2D eigenvalue weighted by molar-refractivity contribution is 0.0891. The van der Waals surface area contributed by atoms with Crippen molar-refractivity contribution in [3.8, 4) is 0 Å². The van der Waals surface area contributed by atoms with E-state index in [4.69, 9.17) is 0 Å².